The Morgan fingerprint density at radius 3 is 2.27 bits per heavy atom. The molecule has 3 rings (SSSR count). The summed E-state index contributed by atoms with van der Waals surface area (Å²) in [6, 6.07) is 6.18. The van der Waals surface area contributed by atoms with Crippen molar-refractivity contribution < 1.29 is 21.6 Å². The van der Waals surface area contributed by atoms with Gasteiger partial charge in [-0.15, -0.1) is 0 Å². The van der Waals surface area contributed by atoms with Crippen molar-refractivity contribution in [1.82, 2.24) is 9.97 Å². The molecule has 0 aliphatic heterocycles. The van der Waals surface area contributed by atoms with Crippen molar-refractivity contribution in [2.24, 2.45) is 0 Å². The van der Waals surface area contributed by atoms with Crippen LogP contribution in [0.1, 0.15) is 31.8 Å². The first-order valence-corrected chi connectivity index (χ1v) is 11.5. The predicted octanol–water partition coefficient (Wildman–Crippen LogP) is 5.61. The molecule has 1 N–H and O–H groups in total. The lowest BCUT2D eigenvalue weighted by Gasteiger charge is -2.11. The molecule has 0 spiro atoms. The molecule has 0 atom stereocenters. The molecule has 1 heterocycles. The standard InChI is InChI=1S/C18H16F2N2O2S2.C2H6.CH3F/c1-26(23,24)12-8-6-11(7-9-12)17-18(13-4-2-3-5-14(13)25)22-16(21-17)10-15(19)20;2*1-2/h2-4,6-9,15H,5,10H2,1H3,(H,21,22);1-2H3;1H3. The second kappa shape index (κ2) is 11.8. The summed E-state index contributed by atoms with van der Waals surface area (Å²) in [5.41, 5.74) is 2.41. The Hall–Kier alpha value is -2.26. The smallest absolute Gasteiger partial charge is 0.245 e. The van der Waals surface area contributed by atoms with E-state index in [4.69, 9.17) is 12.2 Å². The monoisotopic (exact) mass is 458 g/mol. The van der Waals surface area contributed by atoms with Crippen molar-refractivity contribution in [2.75, 3.05) is 13.4 Å². The molecule has 1 aromatic carbocycles. The number of imidazole rings is 1. The third kappa shape index (κ3) is 6.63. The third-order valence-corrected chi connectivity index (χ3v) is 5.44. The van der Waals surface area contributed by atoms with Crippen LogP contribution in [0.4, 0.5) is 13.2 Å². The summed E-state index contributed by atoms with van der Waals surface area (Å²) in [6.07, 6.45) is 4.29. The number of hydrogen-bond acceptors (Lipinski definition) is 4. The number of rotatable bonds is 5. The van der Waals surface area contributed by atoms with Gasteiger partial charge in [-0.2, -0.15) is 0 Å². The summed E-state index contributed by atoms with van der Waals surface area (Å²) in [4.78, 5) is 8.14. The SMILES string of the molecule is CC.CF.CS(=O)(=O)c1ccc(-c2nc(CC(F)F)[nH]c2C2=CC=CCC2=S)cc1. The average Bonchev–Trinajstić information content (AvgIpc) is 3.13. The van der Waals surface area contributed by atoms with Gasteiger partial charge in [0.2, 0.25) is 6.43 Å². The second-order valence-electron chi connectivity index (χ2n) is 5.93. The quantitative estimate of drug-likeness (QED) is 0.592. The van der Waals surface area contributed by atoms with Gasteiger partial charge in [0.1, 0.15) is 5.82 Å². The second-order valence-corrected chi connectivity index (χ2v) is 8.44. The van der Waals surface area contributed by atoms with Crippen molar-refractivity contribution in [3.63, 3.8) is 0 Å². The van der Waals surface area contributed by atoms with E-state index in [1.165, 1.54) is 12.1 Å². The van der Waals surface area contributed by atoms with Crippen LogP contribution in [0.3, 0.4) is 0 Å². The predicted molar refractivity (Wildman–Crippen MR) is 120 cm³/mol. The highest BCUT2D eigenvalue weighted by Crippen LogP contribution is 2.31. The highest BCUT2D eigenvalue weighted by Gasteiger charge is 2.21. The van der Waals surface area contributed by atoms with Crippen molar-refractivity contribution in [3.05, 3.63) is 54.0 Å². The van der Waals surface area contributed by atoms with Crippen LogP contribution in [0.5, 0.6) is 0 Å². The van der Waals surface area contributed by atoms with Gasteiger partial charge in [-0.05, 0) is 12.1 Å². The normalized spacial score (nSPS) is 13.2. The van der Waals surface area contributed by atoms with E-state index in [-0.39, 0.29) is 10.7 Å². The summed E-state index contributed by atoms with van der Waals surface area (Å²) in [5, 5.41) is 0. The van der Waals surface area contributed by atoms with E-state index < -0.39 is 22.7 Å². The fourth-order valence-corrected chi connectivity index (χ4v) is 3.59. The Balaban J connectivity index is 0.00000106. The summed E-state index contributed by atoms with van der Waals surface area (Å²) >= 11 is 5.39. The van der Waals surface area contributed by atoms with Crippen LogP contribution >= 0.6 is 12.2 Å². The van der Waals surface area contributed by atoms with E-state index in [1.807, 2.05) is 32.1 Å². The fraction of sp³-hybridized carbons (Fsp3) is 0.333. The Morgan fingerprint density at radius 2 is 1.77 bits per heavy atom. The minimum Gasteiger partial charge on any atom is -0.341 e. The van der Waals surface area contributed by atoms with Crippen LogP contribution in [0.15, 0.2) is 47.4 Å². The van der Waals surface area contributed by atoms with Crippen LogP contribution in [-0.4, -0.2) is 43.1 Å². The van der Waals surface area contributed by atoms with E-state index in [9.17, 15) is 21.6 Å². The van der Waals surface area contributed by atoms with Crippen molar-refractivity contribution in [3.8, 4) is 11.3 Å². The largest absolute Gasteiger partial charge is 0.341 e. The molecule has 164 valence electrons. The lowest BCUT2D eigenvalue weighted by atomic mass is 9.98. The van der Waals surface area contributed by atoms with E-state index in [2.05, 4.69) is 9.97 Å². The summed E-state index contributed by atoms with van der Waals surface area (Å²) in [6.45, 7) is 4.00. The summed E-state index contributed by atoms with van der Waals surface area (Å²) in [5.74, 6) is 0.162. The molecular weight excluding hydrogens is 433 g/mol. The van der Waals surface area contributed by atoms with Crippen molar-refractivity contribution in [2.45, 2.75) is 38.0 Å². The molecule has 1 aliphatic rings. The molecule has 2 aromatic rings. The molecule has 0 saturated carbocycles. The van der Waals surface area contributed by atoms with Crippen LogP contribution in [-0.2, 0) is 16.3 Å². The number of sulfone groups is 1. The van der Waals surface area contributed by atoms with E-state index in [1.54, 1.807) is 12.1 Å². The van der Waals surface area contributed by atoms with Crippen LogP contribution in [0.25, 0.3) is 16.8 Å². The maximum absolute atomic E-state index is 12.8. The first-order chi connectivity index (χ1) is 14.3. The molecule has 1 aromatic heterocycles. The van der Waals surface area contributed by atoms with E-state index >= 15 is 0 Å². The molecule has 4 nitrogen and oxygen atoms in total. The minimum atomic E-state index is -3.32. The van der Waals surface area contributed by atoms with Gasteiger partial charge in [-0.3, -0.25) is 4.39 Å². The minimum absolute atomic E-state index is 0.162. The average molecular weight is 459 g/mol. The van der Waals surface area contributed by atoms with Gasteiger partial charge < -0.3 is 4.98 Å². The van der Waals surface area contributed by atoms with Gasteiger partial charge in [0.25, 0.3) is 0 Å². The molecule has 1 aliphatic carbocycles. The highest BCUT2D eigenvalue weighted by molar-refractivity contribution is 7.90. The van der Waals surface area contributed by atoms with Crippen molar-refractivity contribution in [1.29, 1.82) is 0 Å². The number of nitrogens with zero attached hydrogens (tertiary/aromatic N) is 1. The van der Waals surface area contributed by atoms with Gasteiger partial charge in [-0.25, -0.2) is 22.2 Å². The van der Waals surface area contributed by atoms with Gasteiger partial charge in [-0.1, -0.05) is 56.4 Å². The van der Waals surface area contributed by atoms with E-state index in [0.717, 1.165) is 11.8 Å². The van der Waals surface area contributed by atoms with Crippen LogP contribution in [0.2, 0.25) is 0 Å². The number of allylic oxidation sites excluding steroid dienone is 4. The molecule has 30 heavy (non-hydrogen) atoms. The molecular formula is C21H25F3N2O2S2. The number of hydrogen-bond donors (Lipinski definition) is 1. The number of benzene rings is 1. The van der Waals surface area contributed by atoms with Crippen LogP contribution < -0.4 is 0 Å². The number of halogens is 3. The summed E-state index contributed by atoms with van der Waals surface area (Å²) < 4.78 is 58.3. The first kappa shape index (κ1) is 25.8. The number of thiocarbonyl (C=S) groups is 1. The number of H-pyrrole nitrogens is 1. The van der Waals surface area contributed by atoms with Gasteiger partial charge >= 0.3 is 0 Å². The molecule has 0 radical (unpaired) electrons. The maximum Gasteiger partial charge on any atom is 0.245 e. The van der Waals surface area contributed by atoms with Crippen molar-refractivity contribution >= 4 is 32.5 Å². The van der Waals surface area contributed by atoms with Gasteiger partial charge in [0.05, 0.1) is 29.9 Å². The maximum atomic E-state index is 12.8. The Bertz CT molecular complexity index is 1010. The molecule has 0 fully saturated rings. The lowest BCUT2D eigenvalue weighted by Crippen LogP contribution is -2.03. The zero-order valence-electron chi connectivity index (χ0n) is 17.2. The highest BCUT2D eigenvalue weighted by atomic mass is 32.2. The summed E-state index contributed by atoms with van der Waals surface area (Å²) in [7, 11) is -2.82. The Morgan fingerprint density at radius 1 is 1.17 bits per heavy atom. The molecule has 0 bridgehead atoms. The van der Waals surface area contributed by atoms with Gasteiger partial charge in [0, 0.05) is 28.7 Å². The fourth-order valence-electron chi connectivity index (χ4n) is 2.69. The zero-order valence-corrected chi connectivity index (χ0v) is 18.9. The first-order valence-electron chi connectivity index (χ1n) is 9.21. The van der Waals surface area contributed by atoms with E-state index in [0.29, 0.717) is 35.4 Å². The zero-order chi connectivity index (χ0) is 22.9. The Labute approximate surface area is 180 Å². The van der Waals surface area contributed by atoms with Gasteiger partial charge in [0.15, 0.2) is 9.84 Å². The number of nitrogens with one attached hydrogen (secondary N) is 1. The molecule has 9 heteroatoms. The molecule has 0 amide bonds. The number of alkyl halides is 3. The molecule has 0 saturated heterocycles. The van der Waals surface area contributed by atoms with Crippen LogP contribution in [0, 0.1) is 0 Å². The Kier molecular flexibility index (Phi) is 10.1. The third-order valence-electron chi connectivity index (χ3n) is 3.93. The number of aromatic amines is 1. The molecule has 0 unspecified atom stereocenters. The lowest BCUT2D eigenvalue weighted by molar-refractivity contribution is 0.146. The number of aromatic nitrogens is 2. The topological polar surface area (TPSA) is 62.8 Å².